The molecule has 0 aromatic heterocycles. The molecule has 9 heteroatoms. The number of benzene rings is 2. The number of nitrogens with one attached hydrogen (secondary N) is 3. The Morgan fingerprint density at radius 2 is 1.84 bits per heavy atom. The minimum atomic E-state index is -0.745. The molecule has 1 heterocycles. The number of ether oxygens (including phenoxy) is 1. The summed E-state index contributed by atoms with van der Waals surface area (Å²) in [5.74, 6) is -0.776. The zero-order valence-electron chi connectivity index (χ0n) is 16.6. The molecule has 1 aliphatic heterocycles. The first-order valence-electron chi connectivity index (χ1n) is 9.72. The van der Waals surface area contributed by atoms with Crippen LogP contribution >= 0.6 is 11.6 Å². The highest BCUT2D eigenvalue weighted by Gasteiger charge is 2.29. The number of aliphatic hydroxyl groups excluding tert-OH is 1. The van der Waals surface area contributed by atoms with Crippen molar-refractivity contribution in [1.82, 2.24) is 10.6 Å². The molecule has 3 amide bonds. The smallest absolute Gasteiger partial charge is 0.319 e. The zero-order chi connectivity index (χ0) is 22.2. The van der Waals surface area contributed by atoms with Gasteiger partial charge in [-0.2, -0.15) is 0 Å². The van der Waals surface area contributed by atoms with E-state index < -0.39 is 30.1 Å². The minimum Gasteiger partial charge on any atom is -0.394 e. The number of hydrogen-bond acceptors (Lipinski definition) is 4. The van der Waals surface area contributed by atoms with Gasteiger partial charge in [-0.25, -0.2) is 9.18 Å². The van der Waals surface area contributed by atoms with Crippen molar-refractivity contribution in [1.29, 1.82) is 0 Å². The highest BCUT2D eigenvalue weighted by atomic mass is 35.5. The fraction of sp³-hybridized carbons (Fsp3) is 0.273. The summed E-state index contributed by atoms with van der Waals surface area (Å²) in [4.78, 5) is 24.4. The van der Waals surface area contributed by atoms with Crippen LogP contribution in [0.5, 0.6) is 0 Å². The molecule has 2 aromatic carbocycles. The van der Waals surface area contributed by atoms with Gasteiger partial charge in [-0.1, -0.05) is 48.0 Å². The van der Waals surface area contributed by atoms with E-state index >= 15 is 0 Å². The monoisotopic (exact) mass is 447 g/mol. The van der Waals surface area contributed by atoms with Gasteiger partial charge >= 0.3 is 6.03 Å². The topological polar surface area (TPSA) is 99.7 Å². The molecule has 0 spiro atoms. The van der Waals surface area contributed by atoms with Crippen LogP contribution in [0.2, 0.25) is 5.02 Å². The molecule has 3 atom stereocenters. The van der Waals surface area contributed by atoms with Crippen molar-refractivity contribution in [3.63, 3.8) is 0 Å². The fourth-order valence-corrected chi connectivity index (χ4v) is 3.19. The molecule has 0 aliphatic carbocycles. The van der Waals surface area contributed by atoms with Crippen LogP contribution in [0.25, 0.3) is 0 Å². The molecule has 1 aliphatic rings. The number of para-hydroxylation sites is 1. The van der Waals surface area contributed by atoms with Crippen LogP contribution in [0.3, 0.4) is 0 Å². The standard InChI is InChI=1S/C22H23ClFN3O4/c23-15-7-5-14(6-8-15)12-25-21(29)11-16-9-10-19(20(13-28)31-16)27-22(30)26-18-4-2-1-3-17(18)24/h1-10,16,19-20,28H,11-13H2,(H,25,29)(H2,26,27,30)/t16-,19-,20-/m0/s1. The van der Waals surface area contributed by atoms with E-state index in [-0.39, 0.29) is 24.6 Å². The number of urea groups is 1. The Hall–Kier alpha value is -2.94. The molecule has 0 fully saturated rings. The molecule has 0 saturated carbocycles. The second kappa shape index (κ2) is 10.9. The van der Waals surface area contributed by atoms with E-state index in [4.69, 9.17) is 16.3 Å². The van der Waals surface area contributed by atoms with E-state index in [0.29, 0.717) is 11.6 Å². The Morgan fingerprint density at radius 3 is 2.55 bits per heavy atom. The number of anilines is 1. The minimum absolute atomic E-state index is 0.0384. The van der Waals surface area contributed by atoms with E-state index in [2.05, 4.69) is 16.0 Å². The van der Waals surface area contributed by atoms with E-state index in [0.717, 1.165) is 5.56 Å². The van der Waals surface area contributed by atoms with Crippen LogP contribution < -0.4 is 16.0 Å². The molecule has 0 saturated heterocycles. The quantitative estimate of drug-likeness (QED) is 0.490. The predicted octanol–water partition coefficient (Wildman–Crippen LogP) is 2.99. The van der Waals surface area contributed by atoms with Crippen LogP contribution in [0.1, 0.15) is 12.0 Å². The summed E-state index contributed by atoms with van der Waals surface area (Å²) in [6.07, 6.45) is 2.08. The lowest BCUT2D eigenvalue weighted by atomic mass is 10.0. The number of halogens is 2. The van der Waals surface area contributed by atoms with Crippen LogP contribution in [-0.2, 0) is 16.1 Å². The summed E-state index contributed by atoms with van der Waals surface area (Å²) >= 11 is 5.84. The summed E-state index contributed by atoms with van der Waals surface area (Å²) in [6, 6.07) is 11.7. The molecule has 3 rings (SSSR count). The third kappa shape index (κ3) is 6.78. The van der Waals surface area contributed by atoms with E-state index in [9.17, 15) is 19.1 Å². The summed E-state index contributed by atoms with van der Waals surface area (Å²) < 4.78 is 19.4. The van der Waals surface area contributed by atoms with Crippen molar-refractivity contribution in [3.8, 4) is 0 Å². The van der Waals surface area contributed by atoms with Gasteiger partial charge < -0.3 is 25.8 Å². The normalized spacial score (nSPS) is 20.2. The van der Waals surface area contributed by atoms with E-state index in [1.165, 1.54) is 18.2 Å². The van der Waals surface area contributed by atoms with Crippen molar-refractivity contribution < 1.29 is 23.8 Å². The molecule has 7 nitrogen and oxygen atoms in total. The predicted molar refractivity (Wildman–Crippen MR) is 115 cm³/mol. The van der Waals surface area contributed by atoms with Crippen molar-refractivity contribution in [2.24, 2.45) is 0 Å². The first kappa shape index (κ1) is 22.7. The summed E-state index contributed by atoms with van der Waals surface area (Å²) in [5, 5.41) is 18.1. The van der Waals surface area contributed by atoms with Gasteiger partial charge in [-0.05, 0) is 29.8 Å². The summed E-state index contributed by atoms with van der Waals surface area (Å²) in [5.41, 5.74) is 0.952. The van der Waals surface area contributed by atoms with Crippen molar-refractivity contribution in [2.45, 2.75) is 31.2 Å². The van der Waals surface area contributed by atoms with Gasteiger partial charge in [0.05, 0.1) is 30.9 Å². The first-order valence-corrected chi connectivity index (χ1v) is 10.1. The van der Waals surface area contributed by atoms with Gasteiger partial charge in [0.1, 0.15) is 11.9 Å². The van der Waals surface area contributed by atoms with Crippen LogP contribution in [0.4, 0.5) is 14.9 Å². The number of carbonyl (C=O) groups excluding carboxylic acids is 2. The third-order valence-corrected chi connectivity index (χ3v) is 4.92. The summed E-state index contributed by atoms with van der Waals surface area (Å²) in [6.45, 7) is -0.00581. The largest absolute Gasteiger partial charge is 0.394 e. The highest BCUT2D eigenvalue weighted by Crippen LogP contribution is 2.17. The van der Waals surface area contributed by atoms with Gasteiger partial charge in [0.2, 0.25) is 5.91 Å². The zero-order valence-corrected chi connectivity index (χ0v) is 17.3. The lowest BCUT2D eigenvalue weighted by Gasteiger charge is -2.31. The van der Waals surface area contributed by atoms with Gasteiger partial charge in [-0.3, -0.25) is 4.79 Å². The maximum Gasteiger partial charge on any atom is 0.319 e. The van der Waals surface area contributed by atoms with Crippen LogP contribution in [0, 0.1) is 5.82 Å². The second-order valence-corrected chi connectivity index (χ2v) is 7.43. The van der Waals surface area contributed by atoms with Crippen LogP contribution in [-0.4, -0.2) is 41.9 Å². The number of hydrogen-bond donors (Lipinski definition) is 4. The fourth-order valence-electron chi connectivity index (χ4n) is 3.07. The average molecular weight is 448 g/mol. The molecular formula is C22H23ClFN3O4. The maximum absolute atomic E-state index is 13.7. The molecular weight excluding hydrogens is 425 g/mol. The van der Waals surface area contributed by atoms with E-state index in [1.54, 1.807) is 30.4 Å². The lowest BCUT2D eigenvalue weighted by molar-refractivity contribution is -0.125. The molecule has 4 N–H and O–H groups in total. The van der Waals surface area contributed by atoms with Crippen molar-refractivity contribution >= 4 is 29.2 Å². The lowest BCUT2D eigenvalue weighted by Crippen LogP contribution is -2.50. The number of rotatable bonds is 7. The van der Waals surface area contributed by atoms with Crippen molar-refractivity contribution in [2.75, 3.05) is 11.9 Å². The Morgan fingerprint density at radius 1 is 1.10 bits per heavy atom. The first-order chi connectivity index (χ1) is 14.9. The molecule has 31 heavy (non-hydrogen) atoms. The SMILES string of the molecule is O=C(C[C@@H]1C=C[C@H](NC(=O)Nc2ccccc2F)[C@H](CO)O1)NCc1ccc(Cl)cc1. The van der Waals surface area contributed by atoms with E-state index in [1.807, 2.05) is 12.1 Å². The Labute approximate surface area is 184 Å². The molecule has 164 valence electrons. The van der Waals surface area contributed by atoms with Crippen LogP contribution in [0.15, 0.2) is 60.7 Å². The average Bonchev–Trinajstić information content (AvgIpc) is 2.76. The molecule has 0 unspecified atom stereocenters. The Balaban J connectivity index is 1.49. The van der Waals surface area contributed by atoms with Gasteiger partial charge in [0.25, 0.3) is 0 Å². The Bertz CT molecular complexity index is 939. The van der Waals surface area contributed by atoms with Crippen molar-refractivity contribution in [3.05, 3.63) is 77.1 Å². The van der Waals surface area contributed by atoms with Gasteiger partial charge in [0.15, 0.2) is 0 Å². The number of amides is 3. The molecule has 0 radical (unpaired) electrons. The Kier molecular flexibility index (Phi) is 8.00. The second-order valence-electron chi connectivity index (χ2n) is 6.99. The number of carbonyl (C=O) groups is 2. The van der Waals surface area contributed by atoms with Gasteiger partial charge in [0, 0.05) is 11.6 Å². The maximum atomic E-state index is 13.7. The molecule has 0 bridgehead atoms. The van der Waals surface area contributed by atoms with Gasteiger partial charge in [-0.15, -0.1) is 0 Å². The molecule has 2 aromatic rings. The third-order valence-electron chi connectivity index (χ3n) is 4.67. The highest BCUT2D eigenvalue weighted by molar-refractivity contribution is 6.30. The summed E-state index contributed by atoms with van der Waals surface area (Å²) in [7, 11) is 0. The number of aliphatic hydroxyl groups is 1.